The molecule has 0 spiro atoms. The van der Waals surface area contributed by atoms with Crippen LogP contribution in [0.4, 0.5) is 0 Å². The highest BCUT2D eigenvalue weighted by molar-refractivity contribution is 6.06. The lowest BCUT2D eigenvalue weighted by atomic mass is 9.91. The van der Waals surface area contributed by atoms with Crippen molar-refractivity contribution < 1.29 is 19.1 Å². The molecule has 0 unspecified atom stereocenters. The first kappa shape index (κ1) is 24.2. The summed E-state index contributed by atoms with van der Waals surface area (Å²) in [7, 11) is 3.23. The van der Waals surface area contributed by atoms with Crippen LogP contribution in [0.2, 0.25) is 0 Å². The van der Waals surface area contributed by atoms with Crippen LogP contribution >= 0.6 is 0 Å². The second kappa shape index (κ2) is 9.52. The van der Waals surface area contributed by atoms with Gasteiger partial charge >= 0.3 is 0 Å². The maximum Gasteiger partial charge on any atom is 0.271 e. The van der Waals surface area contributed by atoms with Crippen molar-refractivity contribution >= 4 is 22.7 Å². The van der Waals surface area contributed by atoms with Gasteiger partial charge in [-0.1, -0.05) is 50.1 Å². The van der Waals surface area contributed by atoms with Gasteiger partial charge in [0.05, 0.1) is 26.3 Å². The SMILES string of the molecule is COc1ccc(OC)c2c1cc1n2C[C@@](C)(C(=O)NC2CCCC2)N(C[C@@H](C)c2ccccc2)C1=O. The summed E-state index contributed by atoms with van der Waals surface area (Å²) in [6.45, 7) is 4.77. The number of nitrogens with one attached hydrogen (secondary N) is 1. The summed E-state index contributed by atoms with van der Waals surface area (Å²) in [5, 5.41) is 4.08. The summed E-state index contributed by atoms with van der Waals surface area (Å²) >= 11 is 0. The normalized spacial score (nSPS) is 20.9. The van der Waals surface area contributed by atoms with E-state index in [0.29, 0.717) is 30.3 Å². The Morgan fingerprint density at radius 1 is 1.08 bits per heavy atom. The molecule has 0 bridgehead atoms. The fourth-order valence-electron chi connectivity index (χ4n) is 5.81. The molecular formula is C29H35N3O4. The third-order valence-electron chi connectivity index (χ3n) is 7.95. The van der Waals surface area contributed by atoms with Gasteiger partial charge in [0.1, 0.15) is 22.7 Å². The number of benzene rings is 2. The molecule has 2 atom stereocenters. The molecule has 2 heterocycles. The number of fused-ring (bicyclic) bond motifs is 3. The van der Waals surface area contributed by atoms with Crippen LogP contribution in [0.5, 0.6) is 11.5 Å². The van der Waals surface area contributed by atoms with Crippen LogP contribution in [0.25, 0.3) is 10.9 Å². The monoisotopic (exact) mass is 489 g/mol. The molecule has 2 amide bonds. The fraction of sp³-hybridized carbons (Fsp3) is 0.448. The number of hydrogen-bond acceptors (Lipinski definition) is 4. The molecule has 1 aliphatic heterocycles. The van der Waals surface area contributed by atoms with E-state index in [9.17, 15) is 9.59 Å². The lowest BCUT2D eigenvalue weighted by Crippen LogP contribution is -2.65. The first-order valence-corrected chi connectivity index (χ1v) is 12.8. The molecule has 0 radical (unpaired) electrons. The van der Waals surface area contributed by atoms with Gasteiger partial charge in [-0.2, -0.15) is 0 Å². The van der Waals surface area contributed by atoms with Crippen molar-refractivity contribution in [1.29, 1.82) is 0 Å². The zero-order valence-electron chi connectivity index (χ0n) is 21.5. The second-order valence-electron chi connectivity index (χ2n) is 10.3. The molecule has 36 heavy (non-hydrogen) atoms. The maximum absolute atomic E-state index is 14.2. The first-order chi connectivity index (χ1) is 17.4. The van der Waals surface area contributed by atoms with Crippen molar-refractivity contribution in [2.24, 2.45) is 0 Å². The van der Waals surface area contributed by atoms with Crippen molar-refractivity contribution in [3.8, 4) is 11.5 Å². The van der Waals surface area contributed by atoms with Crippen LogP contribution in [0.1, 0.15) is 61.5 Å². The summed E-state index contributed by atoms with van der Waals surface area (Å²) in [6, 6.07) is 15.9. The van der Waals surface area contributed by atoms with E-state index in [1.54, 1.807) is 19.1 Å². The minimum absolute atomic E-state index is 0.0637. The van der Waals surface area contributed by atoms with E-state index < -0.39 is 5.54 Å². The lowest BCUT2D eigenvalue weighted by molar-refractivity contribution is -0.133. The minimum Gasteiger partial charge on any atom is -0.496 e. The molecule has 2 aromatic carbocycles. The van der Waals surface area contributed by atoms with Gasteiger partial charge in [-0.15, -0.1) is 0 Å². The van der Waals surface area contributed by atoms with Crippen molar-refractivity contribution in [1.82, 2.24) is 14.8 Å². The number of rotatable bonds is 7. The number of nitrogens with zero attached hydrogens (tertiary/aromatic N) is 2. The smallest absolute Gasteiger partial charge is 0.271 e. The van der Waals surface area contributed by atoms with Gasteiger partial charge in [0, 0.05) is 18.0 Å². The number of amides is 2. The van der Waals surface area contributed by atoms with Crippen LogP contribution in [-0.2, 0) is 11.3 Å². The van der Waals surface area contributed by atoms with E-state index in [-0.39, 0.29) is 23.8 Å². The average Bonchev–Trinajstić information content (AvgIpc) is 3.54. The van der Waals surface area contributed by atoms with Crippen LogP contribution in [0, 0.1) is 0 Å². The van der Waals surface area contributed by atoms with E-state index in [2.05, 4.69) is 24.4 Å². The quantitative estimate of drug-likeness (QED) is 0.521. The number of aromatic nitrogens is 1. The Morgan fingerprint density at radius 2 is 1.75 bits per heavy atom. The van der Waals surface area contributed by atoms with Gasteiger partial charge in [0.25, 0.3) is 5.91 Å². The predicted molar refractivity (Wildman–Crippen MR) is 140 cm³/mol. The molecule has 1 N–H and O–H groups in total. The fourth-order valence-corrected chi connectivity index (χ4v) is 5.81. The average molecular weight is 490 g/mol. The molecule has 3 aromatic rings. The highest BCUT2D eigenvalue weighted by Crippen LogP contribution is 2.40. The molecule has 1 aromatic heterocycles. The molecule has 1 saturated carbocycles. The molecule has 5 rings (SSSR count). The molecule has 1 aliphatic carbocycles. The zero-order valence-corrected chi connectivity index (χ0v) is 21.5. The molecule has 2 aliphatic rings. The van der Waals surface area contributed by atoms with Gasteiger partial charge in [0.15, 0.2) is 0 Å². The van der Waals surface area contributed by atoms with Crippen molar-refractivity contribution in [3.05, 3.63) is 59.8 Å². The van der Waals surface area contributed by atoms with Gasteiger partial charge in [0.2, 0.25) is 5.91 Å². The number of hydrogen-bond donors (Lipinski definition) is 1. The van der Waals surface area contributed by atoms with Crippen molar-refractivity contribution in [2.75, 3.05) is 20.8 Å². The van der Waals surface area contributed by atoms with E-state index >= 15 is 0 Å². The van der Waals surface area contributed by atoms with Crippen LogP contribution < -0.4 is 14.8 Å². The maximum atomic E-state index is 14.2. The number of ether oxygens (including phenoxy) is 2. The summed E-state index contributed by atoms with van der Waals surface area (Å²) in [4.78, 5) is 29.9. The molecule has 1 fully saturated rings. The Hall–Kier alpha value is -3.48. The van der Waals surface area contributed by atoms with Crippen LogP contribution in [0.3, 0.4) is 0 Å². The highest BCUT2D eigenvalue weighted by Gasteiger charge is 2.49. The van der Waals surface area contributed by atoms with Gasteiger partial charge < -0.3 is 24.3 Å². The molecule has 0 saturated heterocycles. The number of carbonyl (C=O) groups excluding carboxylic acids is 2. The number of carbonyl (C=O) groups is 2. The van der Waals surface area contributed by atoms with Gasteiger partial charge in [-0.25, -0.2) is 0 Å². The van der Waals surface area contributed by atoms with E-state index in [4.69, 9.17) is 9.47 Å². The third-order valence-corrected chi connectivity index (χ3v) is 7.95. The minimum atomic E-state index is -1.06. The number of methoxy groups -OCH3 is 2. The van der Waals surface area contributed by atoms with Crippen molar-refractivity contribution in [2.45, 2.75) is 63.6 Å². The Labute approximate surface area is 212 Å². The largest absolute Gasteiger partial charge is 0.496 e. The van der Waals surface area contributed by atoms with Crippen molar-refractivity contribution in [3.63, 3.8) is 0 Å². The van der Waals surface area contributed by atoms with E-state index in [0.717, 1.165) is 42.1 Å². The Kier molecular flexibility index (Phi) is 6.41. The van der Waals surface area contributed by atoms with E-state index in [1.165, 1.54) is 0 Å². The lowest BCUT2D eigenvalue weighted by Gasteiger charge is -2.45. The molecule has 7 heteroatoms. The van der Waals surface area contributed by atoms with Gasteiger partial charge in [-0.3, -0.25) is 9.59 Å². The molecular weight excluding hydrogens is 454 g/mol. The molecule has 190 valence electrons. The van der Waals surface area contributed by atoms with Gasteiger partial charge in [-0.05, 0) is 49.4 Å². The Bertz CT molecular complexity index is 1280. The summed E-state index contributed by atoms with van der Waals surface area (Å²) in [6.07, 6.45) is 4.22. The third kappa shape index (κ3) is 4.00. The second-order valence-corrected chi connectivity index (χ2v) is 10.3. The first-order valence-electron chi connectivity index (χ1n) is 12.8. The van der Waals surface area contributed by atoms with Crippen LogP contribution in [-0.4, -0.2) is 53.6 Å². The van der Waals surface area contributed by atoms with E-state index in [1.807, 2.05) is 47.9 Å². The Morgan fingerprint density at radius 3 is 2.42 bits per heavy atom. The predicted octanol–water partition coefficient (Wildman–Crippen LogP) is 4.74. The zero-order chi connectivity index (χ0) is 25.4. The summed E-state index contributed by atoms with van der Waals surface area (Å²) in [5.74, 6) is 1.12. The topological polar surface area (TPSA) is 72.8 Å². The summed E-state index contributed by atoms with van der Waals surface area (Å²) < 4.78 is 13.2. The molecule has 7 nitrogen and oxygen atoms in total. The summed E-state index contributed by atoms with van der Waals surface area (Å²) in [5.41, 5.74) is 1.39. The standard InChI is InChI=1S/C29H35N3O4/c1-19(20-10-6-5-7-11-20)17-32-27(33)23-16-22-24(35-3)14-15-25(36-4)26(22)31(23)18-29(32,2)28(34)30-21-12-8-9-13-21/h5-7,10-11,14-16,19,21H,8-9,12-13,17-18H2,1-4H3,(H,30,34)/t19-,29+/m1/s1. The van der Waals surface area contributed by atoms with Crippen LogP contribution in [0.15, 0.2) is 48.5 Å². The Balaban J connectivity index is 1.61. The highest BCUT2D eigenvalue weighted by atomic mass is 16.5.